The molecule has 1 saturated heterocycles. The van der Waals surface area contributed by atoms with E-state index in [4.69, 9.17) is 10.5 Å². The van der Waals surface area contributed by atoms with E-state index in [0.29, 0.717) is 36.4 Å². The van der Waals surface area contributed by atoms with Crippen molar-refractivity contribution in [2.24, 2.45) is 11.1 Å². The van der Waals surface area contributed by atoms with Crippen LogP contribution >= 0.6 is 13.5 Å². The molecule has 2 aromatic carbocycles. The Morgan fingerprint density at radius 2 is 2.00 bits per heavy atom. The highest BCUT2D eigenvalue weighted by molar-refractivity contribution is 7.59. The quantitative estimate of drug-likeness (QED) is 0.792. The Labute approximate surface area is 171 Å². The lowest BCUT2D eigenvalue weighted by atomic mass is 9.90. The summed E-state index contributed by atoms with van der Waals surface area (Å²) in [5.41, 5.74) is 6.62. The van der Waals surface area contributed by atoms with Crippen molar-refractivity contribution >= 4 is 19.4 Å². The van der Waals surface area contributed by atoms with Gasteiger partial charge in [-0.15, -0.1) is 0 Å². The zero-order valence-corrected chi connectivity index (χ0v) is 17.0. The third kappa shape index (κ3) is 5.45. The largest absolute Gasteiger partial charge is 0.489 e. The highest BCUT2D eigenvalue weighted by atomic mass is 32.1. The fraction of sp³-hybridized carbons (Fsp3) is 0.381. The molecule has 0 radical (unpaired) electrons. The number of halogens is 2. The number of carbonyl (C=O) groups is 1. The van der Waals surface area contributed by atoms with Crippen LogP contribution < -0.4 is 10.5 Å². The zero-order chi connectivity index (χ0) is 19.6. The first-order chi connectivity index (χ1) is 12.7. The number of ether oxygens (including phenoxy) is 1. The summed E-state index contributed by atoms with van der Waals surface area (Å²) in [7, 11) is 0. The van der Waals surface area contributed by atoms with E-state index in [1.165, 1.54) is 18.2 Å². The van der Waals surface area contributed by atoms with Crippen LogP contribution in [0.3, 0.4) is 0 Å². The second-order valence-corrected chi connectivity index (χ2v) is 7.86. The van der Waals surface area contributed by atoms with Gasteiger partial charge in [0, 0.05) is 24.7 Å². The van der Waals surface area contributed by atoms with Crippen LogP contribution in [0.2, 0.25) is 0 Å². The van der Waals surface area contributed by atoms with Gasteiger partial charge in [-0.2, -0.15) is 13.5 Å². The average molecular weight is 409 g/mol. The standard InChI is InChI=1S/C21H24F2N2O2.H2S/c1-21(2)10-19(20(24)26)25(13-21)11-15-6-7-17(9-18(15)23)27-12-14-4-3-5-16(22)8-14;/h3-9,19H,10-13H2,1-2H3,(H2,24,26);1H2/t19-;/m0./s1. The van der Waals surface area contributed by atoms with Crippen molar-refractivity contribution in [3.05, 3.63) is 65.2 Å². The zero-order valence-electron chi connectivity index (χ0n) is 16.0. The number of nitrogens with two attached hydrogens (primary N) is 1. The molecule has 0 spiro atoms. The summed E-state index contributed by atoms with van der Waals surface area (Å²) in [5, 5.41) is 0. The molecule has 0 aromatic heterocycles. The first-order valence-electron chi connectivity index (χ1n) is 8.92. The maximum absolute atomic E-state index is 14.5. The van der Waals surface area contributed by atoms with E-state index in [1.807, 2.05) is 4.90 Å². The number of likely N-dealkylation sites (tertiary alicyclic amines) is 1. The van der Waals surface area contributed by atoms with Crippen LogP contribution in [0.4, 0.5) is 8.78 Å². The Bertz CT molecular complexity index is 845. The Kier molecular flexibility index (Phi) is 7.06. The lowest BCUT2D eigenvalue weighted by Gasteiger charge is -2.23. The van der Waals surface area contributed by atoms with Crippen LogP contribution in [-0.2, 0) is 17.9 Å². The molecule has 0 saturated carbocycles. The normalized spacial score (nSPS) is 18.5. The third-order valence-corrected chi connectivity index (χ3v) is 4.84. The SMILES string of the molecule is CC1(C)C[C@@H](C(N)=O)N(Cc2ccc(OCc3cccc(F)c3)cc2F)C1.S. The summed E-state index contributed by atoms with van der Waals surface area (Å²) < 4.78 is 33.3. The Hall–Kier alpha value is -2.12. The van der Waals surface area contributed by atoms with Gasteiger partial charge in [-0.05, 0) is 35.6 Å². The number of primary amides is 1. The lowest BCUT2D eigenvalue weighted by Crippen LogP contribution is -2.39. The Balaban J connectivity index is 0.00000280. The van der Waals surface area contributed by atoms with E-state index in [1.54, 1.807) is 24.3 Å². The molecule has 0 bridgehead atoms. The molecule has 3 rings (SSSR count). The van der Waals surface area contributed by atoms with E-state index in [2.05, 4.69) is 13.8 Å². The van der Waals surface area contributed by atoms with E-state index in [0.717, 1.165) is 0 Å². The fourth-order valence-electron chi connectivity index (χ4n) is 3.58. The van der Waals surface area contributed by atoms with E-state index in [-0.39, 0.29) is 43.3 Å². The summed E-state index contributed by atoms with van der Waals surface area (Å²) >= 11 is 0. The number of hydrogen-bond acceptors (Lipinski definition) is 3. The molecule has 2 N–H and O–H groups in total. The van der Waals surface area contributed by atoms with Gasteiger partial charge in [-0.3, -0.25) is 9.69 Å². The summed E-state index contributed by atoms with van der Waals surface area (Å²) in [4.78, 5) is 13.6. The van der Waals surface area contributed by atoms with Gasteiger partial charge < -0.3 is 10.5 Å². The van der Waals surface area contributed by atoms with Crippen molar-refractivity contribution in [3.8, 4) is 5.75 Å². The van der Waals surface area contributed by atoms with Gasteiger partial charge in [-0.1, -0.05) is 32.0 Å². The van der Waals surface area contributed by atoms with Crippen molar-refractivity contribution in [2.75, 3.05) is 6.54 Å². The predicted octanol–water partition coefficient (Wildman–Crippen LogP) is 3.74. The van der Waals surface area contributed by atoms with Crippen LogP contribution in [0.5, 0.6) is 5.75 Å². The molecule has 1 fully saturated rings. The van der Waals surface area contributed by atoms with Crippen LogP contribution in [0, 0.1) is 17.0 Å². The average Bonchev–Trinajstić information content (AvgIpc) is 2.90. The van der Waals surface area contributed by atoms with Crippen molar-refractivity contribution < 1.29 is 18.3 Å². The molecule has 28 heavy (non-hydrogen) atoms. The second-order valence-electron chi connectivity index (χ2n) is 7.86. The molecule has 152 valence electrons. The Morgan fingerprint density at radius 1 is 1.25 bits per heavy atom. The van der Waals surface area contributed by atoms with Crippen molar-refractivity contribution in [1.82, 2.24) is 4.90 Å². The molecular formula is C21H26F2N2O2S. The van der Waals surface area contributed by atoms with Gasteiger partial charge >= 0.3 is 0 Å². The molecule has 1 aliphatic rings. The molecule has 0 unspecified atom stereocenters. The number of hydrogen-bond donors (Lipinski definition) is 1. The van der Waals surface area contributed by atoms with Gasteiger partial charge in [0.25, 0.3) is 0 Å². The second kappa shape index (κ2) is 8.92. The molecule has 1 amide bonds. The molecular weight excluding hydrogens is 382 g/mol. The van der Waals surface area contributed by atoms with Gasteiger partial charge in [0.05, 0.1) is 6.04 Å². The maximum atomic E-state index is 14.5. The smallest absolute Gasteiger partial charge is 0.234 e. The van der Waals surface area contributed by atoms with Crippen molar-refractivity contribution in [3.63, 3.8) is 0 Å². The van der Waals surface area contributed by atoms with Gasteiger partial charge in [-0.25, -0.2) is 8.78 Å². The minimum absolute atomic E-state index is 0. The maximum Gasteiger partial charge on any atom is 0.234 e. The van der Waals surface area contributed by atoms with Crippen LogP contribution in [0.1, 0.15) is 31.4 Å². The summed E-state index contributed by atoms with van der Waals surface area (Å²) in [6, 6.07) is 10.3. The van der Waals surface area contributed by atoms with E-state index < -0.39 is 5.82 Å². The van der Waals surface area contributed by atoms with E-state index >= 15 is 0 Å². The molecule has 1 aliphatic heterocycles. The number of nitrogens with zero attached hydrogens (tertiary/aromatic N) is 1. The molecule has 1 atom stereocenters. The first-order valence-corrected chi connectivity index (χ1v) is 8.92. The third-order valence-electron chi connectivity index (χ3n) is 4.84. The van der Waals surface area contributed by atoms with E-state index in [9.17, 15) is 13.6 Å². The number of rotatable bonds is 6. The number of benzene rings is 2. The summed E-state index contributed by atoms with van der Waals surface area (Å²) in [6.45, 7) is 5.29. The van der Waals surface area contributed by atoms with Gasteiger partial charge in [0.1, 0.15) is 24.0 Å². The fourth-order valence-corrected chi connectivity index (χ4v) is 3.58. The minimum atomic E-state index is -0.403. The molecule has 7 heteroatoms. The molecule has 4 nitrogen and oxygen atoms in total. The van der Waals surface area contributed by atoms with Crippen LogP contribution in [0.15, 0.2) is 42.5 Å². The number of amides is 1. The highest BCUT2D eigenvalue weighted by Crippen LogP contribution is 2.35. The van der Waals surface area contributed by atoms with Gasteiger partial charge in [0.15, 0.2) is 0 Å². The van der Waals surface area contributed by atoms with Crippen LogP contribution in [0.25, 0.3) is 0 Å². The topological polar surface area (TPSA) is 55.6 Å². The van der Waals surface area contributed by atoms with Crippen molar-refractivity contribution in [2.45, 2.75) is 39.5 Å². The van der Waals surface area contributed by atoms with Crippen molar-refractivity contribution in [1.29, 1.82) is 0 Å². The Morgan fingerprint density at radius 3 is 2.64 bits per heavy atom. The highest BCUT2D eigenvalue weighted by Gasteiger charge is 2.40. The molecule has 1 heterocycles. The molecule has 0 aliphatic carbocycles. The minimum Gasteiger partial charge on any atom is -0.489 e. The lowest BCUT2D eigenvalue weighted by molar-refractivity contribution is -0.122. The number of carbonyl (C=O) groups excluding carboxylic acids is 1. The summed E-state index contributed by atoms with van der Waals surface area (Å²) in [6.07, 6.45) is 0.665. The predicted molar refractivity (Wildman–Crippen MR) is 109 cm³/mol. The van der Waals surface area contributed by atoms with Crippen LogP contribution in [-0.4, -0.2) is 23.4 Å². The molecule has 2 aromatic rings. The summed E-state index contributed by atoms with van der Waals surface area (Å²) in [5.74, 6) is -0.750. The van der Waals surface area contributed by atoms with Gasteiger partial charge in [0.2, 0.25) is 5.91 Å². The first kappa shape index (κ1) is 22.2. The monoisotopic (exact) mass is 408 g/mol.